The predicted octanol–water partition coefficient (Wildman–Crippen LogP) is -4.41. The van der Waals surface area contributed by atoms with Crippen molar-refractivity contribution in [1.82, 2.24) is 0 Å². The maximum absolute atomic E-state index is 11.9. The van der Waals surface area contributed by atoms with Gasteiger partial charge in [-0.3, -0.25) is 0 Å². The summed E-state index contributed by atoms with van der Waals surface area (Å²) < 4.78 is 59.9. The molecule has 0 aromatic carbocycles. The lowest BCUT2D eigenvalue weighted by Gasteiger charge is -2.59. The van der Waals surface area contributed by atoms with Crippen molar-refractivity contribution in [3.63, 3.8) is 0 Å². The number of rotatable bonds is 11. The lowest BCUT2D eigenvalue weighted by atomic mass is 9.46. The summed E-state index contributed by atoms with van der Waals surface area (Å²) >= 11 is 0. The lowest BCUT2D eigenvalue weighted by Crippen LogP contribution is -2.67. The average Bonchev–Trinajstić information content (AvgIpc) is 3.86. The summed E-state index contributed by atoms with van der Waals surface area (Å²) in [6, 6.07) is 0. The minimum atomic E-state index is -2.02. The highest BCUT2D eigenvalue weighted by molar-refractivity contribution is 5.27. The first kappa shape index (κ1) is 56.1. The van der Waals surface area contributed by atoms with Crippen LogP contribution in [0.5, 0.6) is 0 Å². The van der Waals surface area contributed by atoms with Crippen molar-refractivity contribution in [1.29, 1.82) is 0 Å². The summed E-state index contributed by atoms with van der Waals surface area (Å²) in [5.74, 6) is 0.766. The second-order valence-corrected chi connectivity index (χ2v) is 23.7. The van der Waals surface area contributed by atoms with Crippen LogP contribution in [-0.4, -0.2) is 251 Å². The Hall–Kier alpha value is -1.22. The van der Waals surface area contributed by atoms with Crippen LogP contribution in [0.25, 0.3) is 0 Å². The summed E-state index contributed by atoms with van der Waals surface area (Å²) in [7, 11) is 0. The monoisotopic (exact) mass is 1060 g/mol. The second kappa shape index (κ2) is 21.4. The number of hydrogen-bond acceptors (Lipinski definition) is 24. The minimum Gasteiger partial charge on any atom is -0.394 e. The lowest BCUT2D eigenvalue weighted by molar-refractivity contribution is -0.390. The summed E-state index contributed by atoms with van der Waals surface area (Å²) in [4.78, 5) is 0. The molecular weight excluding hydrogens is 985 g/mol. The van der Waals surface area contributed by atoms with Gasteiger partial charge in [0.15, 0.2) is 30.9 Å². The molecule has 0 amide bonds. The first-order valence-corrected chi connectivity index (χ1v) is 26.6. The molecule has 0 aromatic heterocycles. The van der Waals surface area contributed by atoms with Gasteiger partial charge in [-0.15, -0.1) is 0 Å². The van der Waals surface area contributed by atoms with E-state index in [-0.39, 0.29) is 34.7 Å². The van der Waals surface area contributed by atoms with Gasteiger partial charge < -0.3 is 119 Å². The predicted molar refractivity (Wildman–Crippen MR) is 245 cm³/mol. The summed E-state index contributed by atoms with van der Waals surface area (Å²) in [6.07, 6.45) is -28.5. The van der Waals surface area contributed by atoms with Crippen LogP contribution in [0.2, 0.25) is 0 Å². The fourth-order valence-corrected chi connectivity index (χ4v) is 15.3. The molecule has 74 heavy (non-hydrogen) atoms. The Bertz CT molecular complexity index is 1970. The number of aliphatic hydroxyl groups is 14. The van der Waals surface area contributed by atoms with Crippen LogP contribution in [-0.2, 0) is 47.4 Å². The van der Waals surface area contributed by atoms with Gasteiger partial charge >= 0.3 is 0 Å². The summed E-state index contributed by atoms with van der Waals surface area (Å²) in [5, 5.41) is 152. The van der Waals surface area contributed by atoms with E-state index in [4.69, 9.17) is 47.4 Å². The maximum atomic E-state index is 11.9. The number of ether oxygens (including phenoxy) is 10. The van der Waals surface area contributed by atoms with Crippen LogP contribution in [0.3, 0.4) is 0 Å². The first-order valence-electron chi connectivity index (χ1n) is 26.6. The molecule has 10 rings (SSSR count). The van der Waals surface area contributed by atoms with Crippen LogP contribution >= 0.6 is 0 Å². The topological polar surface area (TPSA) is 376 Å². The normalized spacial score (nSPS) is 57.5. The summed E-state index contributed by atoms with van der Waals surface area (Å²) in [5.41, 5.74) is 0.818. The number of fused-ring (bicyclic) bond motifs is 7. The molecule has 14 N–H and O–H groups in total. The zero-order chi connectivity index (χ0) is 53.1. The molecule has 6 heterocycles. The Morgan fingerprint density at radius 2 is 1.22 bits per heavy atom. The second-order valence-electron chi connectivity index (χ2n) is 23.7. The van der Waals surface area contributed by atoms with E-state index in [0.29, 0.717) is 43.6 Å². The Morgan fingerprint density at radius 1 is 0.595 bits per heavy atom. The molecule has 24 heteroatoms. The third-order valence-corrected chi connectivity index (χ3v) is 19.6. The van der Waals surface area contributed by atoms with Gasteiger partial charge in [-0.2, -0.15) is 0 Å². The van der Waals surface area contributed by atoms with Crippen LogP contribution < -0.4 is 0 Å². The van der Waals surface area contributed by atoms with Crippen molar-refractivity contribution >= 4 is 0 Å². The molecule has 4 aliphatic carbocycles. The number of allylic oxidation sites excluding steroid dienone is 1. The SMILES string of the molecule is CC1COC2(CC1O)OC1CC3C4CC=C5CC(OC6OC(CO)C(OC7OC(CO)C(O)C(OC8OCC(O)C(O)C8OC8OC(CO)C(O)C(O)C8O)C7O)C(O)C6O)C(O)CC5(C)C4CCC3(C)C1C2C. The van der Waals surface area contributed by atoms with Gasteiger partial charge in [0.1, 0.15) is 91.6 Å². The molecule has 6 aliphatic heterocycles. The largest absolute Gasteiger partial charge is 0.394 e. The molecule has 32 unspecified atom stereocenters. The highest BCUT2D eigenvalue weighted by atomic mass is 16.8. The molecular formula is C50H80O24. The molecule has 9 fully saturated rings. The van der Waals surface area contributed by atoms with E-state index in [1.807, 2.05) is 6.92 Å². The Labute approximate surface area is 428 Å². The number of hydrogen-bond donors (Lipinski definition) is 14. The van der Waals surface area contributed by atoms with Crippen molar-refractivity contribution in [3.8, 4) is 0 Å². The van der Waals surface area contributed by atoms with E-state index >= 15 is 0 Å². The van der Waals surface area contributed by atoms with Crippen molar-refractivity contribution in [2.24, 2.45) is 46.3 Å². The van der Waals surface area contributed by atoms with Gasteiger partial charge in [-0.05, 0) is 73.0 Å². The molecule has 0 aromatic rings. The van der Waals surface area contributed by atoms with Crippen molar-refractivity contribution in [3.05, 3.63) is 11.6 Å². The Balaban J connectivity index is 0.785. The fourth-order valence-electron chi connectivity index (χ4n) is 15.3. The van der Waals surface area contributed by atoms with Crippen LogP contribution in [0, 0.1) is 46.3 Å². The van der Waals surface area contributed by atoms with Gasteiger partial charge in [0.25, 0.3) is 0 Å². The smallest absolute Gasteiger partial charge is 0.187 e. The van der Waals surface area contributed by atoms with E-state index in [1.165, 1.54) is 0 Å². The van der Waals surface area contributed by atoms with Crippen molar-refractivity contribution in [2.45, 2.75) is 220 Å². The Morgan fingerprint density at radius 3 is 1.91 bits per heavy atom. The molecule has 424 valence electrons. The van der Waals surface area contributed by atoms with Gasteiger partial charge in [0.2, 0.25) is 0 Å². The molecule has 24 nitrogen and oxygen atoms in total. The van der Waals surface area contributed by atoms with Crippen LogP contribution in [0.1, 0.15) is 72.6 Å². The molecule has 0 bridgehead atoms. The van der Waals surface area contributed by atoms with E-state index in [9.17, 15) is 71.5 Å². The Kier molecular flexibility index (Phi) is 16.2. The molecule has 3 saturated carbocycles. The fraction of sp³-hybridized carbons (Fsp3) is 0.960. The van der Waals surface area contributed by atoms with Crippen LogP contribution in [0.4, 0.5) is 0 Å². The maximum Gasteiger partial charge on any atom is 0.187 e. The highest BCUT2D eigenvalue weighted by Crippen LogP contribution is 2.71. The molecule has 32 atom stereocenters. The first-order chi connectivity index (χ1) is 35.1. The van der Waals surface area contributed by atoms with Crippen molar-refractivity contribution in [2.75, 3.05) is 33.0 Å². The van der Waals surface area contributed by atoms with Gasteiger partial charge in [0, 0.05) is 18.3 Å². The standard InChI is InChI=1S/C50H80O24/c1-18-16-66-50(12-24(18)54)19(2)32-28(74-50)10-23-21-6-5-20-9-27(25(55)11-49(20,4)22(21)7-8-48(23,32)3)67-44-39(63)37(61)41(31(15-53)70-44)71-46-40(64)42(35(59)30(14-52)69-46)72-47-43(33(57)26(56)17-65-47)73-45-38(62)36(60)34(58)29(13-51)68-45/h5,18-19,21-47,51-64H,6-17H2,1-4H3. The molecule has 0 radical (unpaired) electrons. The van der Waals surface area contributed by atoms with Crippen LogP contribution in [0.15, 0.2) is 11.6 Å². The van der Waals surface area contributed by atoms with E-state index in [0.717, 1.165) is 31.3 Å². The van der Waals surface area contributed by atoms with Gasteiger partial charge in [-0.25, -0.2) is 0 Å². The van der Waals surface area contributed by atoms with Crippen molar-refractivity contribution < 1.29 is 119 Å². The quantitative estimate of drug-likeness (QED) is 0.0869. The zero-order valence-corrected chi connectivity index (χ0v) is 42.1. The highest BCUT2D eigenvalue weighted by Gasteiger charge is 2.70. The molecule has 1 spiro atoms. The third-order valence-electron chi connectivity index (χ3n) is 19.6. The van der Waals surface area contributed by atoms with E-state index < -0.39 is 167 Å². The van der Waals surface area contributed by atoms with E-state index in [2.05, 4.69) is 26.8 Å². The molecule has 10 aliphatic rings. The number of aliphatic hydroxyl groups excluding tert-OH is 14. The van der Waals surface area contributed by atoms with Gasteiger partial charge in [0.05, 0.1) is 57.5 Å². The average molecular weight is 1070 g/mol. The van der Waals surface area contributed by atoms with Gasteiger partial charge in [-0.1, -0.05) is 39.3 Å². The minimum absolute atomic E-state index is 0.0206. The third kappa shape index (κ3) is 9.37. The zero-order valence-electron chi connectivity index (χ0n) is 42.1. The van der Waals surface area contributed by atoms with E-state index in [1.54, 1.807) is 0 Å². The molecule has 6 saturated heterocycles. The summed E-state index contributed by atoms with van der Waals surface area (Å²) in [6.45, 7) is 6.29.